The van der Waals surface area contributed by atoms with Crippen molar-refractivity contribution in [2.75, 3.05) is 6.54 Å². The van der Waals surface area contributed by atoms with Gasteiger partial charge in [0, 0.05) is 12.6 Å². The first-order valence-corrected chi connectivity index (χ1v) is 3.53. The SMILES string of the molecule is Cc1cc(CNCC(=O)O)no1. The van der Waals surface area contributed by atoms with Crippen molar-refractivity contribution in [3.8, 4) is 0 Å². The second-order valence-electron chi connectivity index (χ2n) is 2.43. The zero-order valence-corrected chi connectivity index (χ0v) is 6.70. The minimum Gasteiger partial charge on any atom is -0.480 e. The molecule has 1 aromatic heterocycles. The fourth-order valence-corrected chi connectivity index (χ4v) is 0.799. The van der Waals surface area contributed by atoms with E-state index < -0.39 is 5.97 Å². The molecule has 0 aliphatic rings. The van der Waals surface area contributed by atoms with Crippen LogP contribution in [0.3, 0.4) is 0 Å². The number of aliphatic carboxylic acids is 1. The Kier molecular flexibility index (Phi) is 2.82. The molecule has 0 spiro atoms. The van der Waals surface area contributed by atoms with Crippen LogP contribution in [0.2, 0.25) is 0 Å². The number of carboxylic acid groups (broad SMARTS) is 1. The van der Waals surface area contributed by atoms with Crippen LogP contribution >= 0.6 is 0 Å². The number of hydrogen-bond acceptors (Lipinski definition) is 4. The predicted molar refractivity (Wildman–Crippen MR) is 40.6 cm³/mol. The van der Waals surface area contributed by atoms with Gasteiger partial charge in [0.2, 0.25) is 0 Å². The second kappa shape index (κ2) is 3.87. The topological polar surface area (TPSA) is 75.4 Å². The molecule has 0 radical (unpaired) electrons. The maximum absolute atomic E-state index is 10.1. The van der Waals surface area contributed by atoms with E-state index >= 15 is 0 Å². The van der Waals surface area contributed by atoms with Crippen molar-refractivity contribution in [2.45, 2.75) is 13.5 Å². The fourth-order valence-electron chi connectivity index (χ4n) is 0.799. The molecule has 0 aliphatic heterocycles. The van der Waals surface area contributed by atoms with Crippen LogP contribution in [-0.2, 0) is 11.3 Å². The third-order valence-electron chi connectivity index (χ3n) is 1.26. The average molecular weight is 170 g/mol. The Hall–Kier alpha value is -1.36. The zero-order chi connectivity index (χ0) is 8.97. The van der Waals surface area contributed by atoms with E-state index in [0.29, 0.717) is 12.2 Å². The Morgan fingerprint density at radius 2 is 2.58 bits per heavy atom. The van der Waals surface area contributed by atoms with E-state index in [9.17, 15) is 4.79 Å². The van der Waals surface area contributed by atoms with Crippen LogP contribution in [0.1, 0.15) is 11.5 Å². The number of aryl methyl sites for hydroxylation is 1. The van der Waals surface area contributed by atoms with Crippen LogP contribution in [0.5, 0.6) is 0 Å². The summed E-state index contributed by atoms with van der Waals surface area (Å²) >= 11 is 0. The van der Waals surface area contributed by atoms with Crippen LogP contribution in [0.25, 0.3) is 0 Å². The molecule has 0 bridgehead atoms. The summed E-state index contributed by atoms with van der Waals surface area (Å²) in [7, 11) is 0. The number of nitrogens with zero attached hydrogens (tertiary/aromatic N) is 1. The number of carboxylic acids is 1. The van der Waals surface area contributed by atoms with Gasteiger partial charge in [-0.1, -0.05) is 5.16 Å². The van der Waals surface area contributed by atoms with Gasteiger partial charge in [-0.15, -0.1) is 0 Å². The van der Waals surface area contributed by atoms with E-state index in [1.807, 2.05) is 0 Å². The van der Waals surface area contributed by atoms with Gasteiger partial charge in [0.15, 0.2) is 0 Å². The van der Waals surface area contributed by atoms with Crippen molar-refractivity contribution in [1.29, 1.82) is 0 Å². The largest absolute Gasteiger partial charge is 0.480 e. The lowest BCUT2D eigenvalue weighted by molar-refractivity contribution is -0.136. The highest BCUT2D eigenvalue weighted by Gasteiger charge is 2.00. The van der Waals surface area contributed by atoms with Crippen molar-refractivity contribution in [2.24, 2.45) is 0 Å². The summed E-state index contributed by atoms with van der Waals surface area (Å²) < 4.78 is 4.78. The maximum Gasteiger partial charge on any atom is 0.317 e. The molecule has 0 saturated carbocycles. The summed E-state index contributed by atoms with van der Waals surface area (Å²) in [5.41, 5.74) is 0.716. The first-order chi connectivity index (χ1) is 5.68. The van der Waals surface area contributed by atoms with E-state index in [1.165, 1.54) is 0 Å². The molecule has 0 atom stereocenters. The normalized spacial score (nSPS) is 10.1. The summed E-state index contributed by atoms with van der Waals surface area (Å²) in [6.45, 7) is 2.14. The highest BCUT2D eigenvalue weighted by molar-refractivity contribution is 5.68. The highest BCUT2D eigenvalue weighted by atomic mass is 16.5. The van der Waals surface area contributed by atoms with Crippen LogP contribution in [-0.4, -0.2) is 22.8 Å². The number of nitrogens with one attached hydrogen (secondary N) is 1. The smallest absolute Gasteiger partial charge is 0.317 e. The zero-order valence-electron chi connectivity index (χ0n) is 6.70. The van der Waals surface area contributed by atoms with E-state index in [4.69, 9.17) is 9.63 Å². The molecule has 5 heteroatoms. The molecule has 1 rings (SSSR count). The first kappa shape index (κ1) is 8.73. The lowest BCUT2D eigenvalue weighted by Gasteiger charge is -1.95. The third-order valence-corrected chi connectivity index (χ3v) is 1.26. The van der Waals surface area contributed by atoms with Gasteiger partial charge in [0.25, 0.3) is 0 Å². The Bertz CT molecular complexity index is 269. The van der Waals surface area contributed by atoms with E-state index in [1.54, 1.807) is 13.0 Å². The third kappa shape index (κ3) is 2.71. The maximum atomic E-state index is 10.1. The van der Waals surface area contributed by atoms with Gasteiger partial charge >= 0.3 is 5.97 Å². The minimum atomic E-state index is -0.879. The Labute approximate surface area is 69.4 Å². The molecule has 0 fully saturated rings. The standard InChI is InChI=1S/C7H10N2O3/c1-5-2-6(9-12-5)3-8-4-7(10)11/h2,8H,3-4H2,1H3,(H,10,11). The molecule has 0 aromatic carbocycles. The fraction of sp³-hybridized carbons (Fsp3) is 0.429. The molecule has 12 heavy (non-hydrogen) atoms. The molecule has 0 unspecified atom stereocenters. The molecule has 0 aliphatic carbocycles. The van der Waals surface area contributed by atoms with E-state index in [2.05, 4.69) is 10.5 Å². The van der Waals surface area contributed by atoms with Gasteiger partial charge in [0.1, 0.15) is 5.76 Å². The monoisotopic (exact) mass is 170 g/mol. The van der Waals surface area contributed by atoms with E-state index in [-0.39, 0.29) is 6.54 Å². The van der Waals surface area contributed by atoms with Crippen LogP contribution in [0.15, 0.2) is 10.6 Å². The highest BCUT2D eigenvalue weighted by Crippen LogP contribution is 1.99. The van der Waals surface area contributed by atoms with Crippen molar-refractivity contribution in [3.63, 3.8) is 0 Å². The molecule has 5 nitrogen and oxygen atoms in total. The van der Waals surface area contributed by atoms with Crippen molar-refractivity contribution in [1.82, 2.24) is 10.5 Å². The molecule has 1 heterocycles. The summed E-state index contributed by atoms with van der Waals surface area (Å²) in [4.78, 5) is 10.1. The minimum absolute atomic E-state index is 0.0636. The first-order valence-electron chi connectivity index (χ1n) is 3.53. The van der Waals surface area contributed by atoms with Gasteiger partial charge in [-0.2, -0.15) is 0 Å². The van der Waals surface area contributed by atoms with Gasteiger partial charge in [-0.05, 0) is 6.92 Å². The van der Waals surface area contributed by atoms with Crippen LogP contribution in [0, 0.1) is 6.92 Å². The summed E-state index contributed by atoms with van der Waals surface area (Å²) in [5.74, 6) is -0.155. The lowest BCUT2D eigenvalue weighted by atomic mass is 10.4. The Morgan fingerprint density at radius 1 is 1.83 bits per heavy atom. The number of aromatic nitrogens is 1. The summed E-state index contributed by atoms with van der Waals surface area (Å²) in [6.07, 6.45) is 0. The Morgan fingerprint density at radius 3 is 3.08 bits per heavy atom. The van der Waals surface area contributed by atoms with Gasteiger partial charge in [-0.3, -0.25) is 4.79 Å². The van der Waals surface area contributed by atoms with Crippen molar-refractivity contribution < 1.29 is 14.4 Å². The molecule has 0 amide bonds. The van der Waals surface area contributed by atoms with Crippen molar-refractivity contribution in [3.05, 3.63) is 17.5 Å². The molecule has 2 N–H and O–H groups in total. The number of rotatable bonds is 4. The van der Waals surface area contributed by atoms with E-state index in [0.717, 1.165) is 5.76 Å². The molecular formula is C7H10N2O3. The van der Waals surface area contributed by atoms with Crippen LogP contribution in [0.4, 0.5) is 0 Å². The van der Waals surface area contributed by atoms with Crippen molar-refractivity contribution >= 4 is 5.97 Å². The second-order valence-corrected chi connectivity index (χ2v) is 2.43. The molecular weight excluding hydrogens is 160 g/mol. The number of carbonyl (C=O) groups is 1. The predicted octanol–water partition coefficient (Wildman–Crippen LogP) is 0.157. The lowest BCUT2D eigenvalue weighted by Crippen LogP contribution is -2.21. The summed E-state index contributed by atoms with van der Waals surface area (Å²) in [6, 6.07) is 1.76. The van der Waals surface area contributed by atoms with Crippen LogP contribution < -0.4 is 5.32 Å². The van der Waals surface area contributed by atoms with Gasteiger partial charge < -0.3 is 14.9 Å². The van der Waals surface area contributed by atoms with Gasteiger partial charge in [-0.25, -0.2) is 0 Å². The molecule has 1 aromatic rings. The van der Waals surface area contributed by atoms with Gasteiger partial charge in [0.05, 0.1) is 12.2 Å². The summed E-state index contributed by atoms with van der Waals surface area (Å²) in [5, 5.41) is 14.7. The Balaban J connectivity index is 2.29. The molecule has 66 valence electrons. The number of hydrogen-bond donors (Lipinski definition) is 2. The average Bonchev–Trinajstić information content (AvgIpc) is 2.35. The quantitative estimate of drug-likeness (QED) is 0.673. The molecule has 0 saturated heterocycles.